The van der Waals surface area contributed by atoms with E-state index < -0.39 is 30.7 Å². The van der Waals surface area contributed by atoms with Gasteiger partial charge in [-0.15, -0.1) is 0 Å². The van der Waals surface area contributed by atoms with Gasteiger partial charge in [-0.25, -0.2) is 14.2 Å². The second kappa shape index (κ2) is 15.8. The third kappa shape index (κ3) is 9.93. The first-order valence-electron chi connectivity index (χ1n) is 13.5. The minimum atomic E-state index is -1.13. The maximum atomic E-state index is 13.4. The number of amides is 1. The molecule has 3 rings (SSSR count). The summed E-state index contributed by atoms with van der Waals surface area (Å²) < 4.78 is 18.6. The van der Waals surface area contributed by atoms with Gasteiger partial charge in [0.1, 0.15) is 18.5 Å². The fraction of sp³-hybridized carbons (Fsp3) is 0.517. The number of rotatable bonds is 16. The largest absolute Gasteiger partial charge is 0.480 e. The van der Waals surface area contributed by atoms with Crippen molar-refractivity contribution in [3.05, 3.63) is 58.8 Å². The molecule has 0 saturated heterocycles. The number of aryl methyl sites for hydroxylation is 2. The summed E-state index contributed by atoms with van der Waals surface area (Å²) in [4.78, 5) is 31.1. The van der Waals surface area contributed by atoms with Crippen molar-refractivity contribution in [1.82, 2.24) is 15.2 Å². The van der Waals surface area contributed by atoms with Crippen LogP contribution in [0, 0.1) is 11.3 Å². The van der Waals surface area contributed by atoms with Gasteiger partial charge in [0, 0.05) is 32.4 Å². The second-order valence-electron chi connectivity index (χ2n) is 9.85. The van der Waals surface area contributed by atoms with Crippen LogP contribution in [0.4, 0.5) is 10.2 Å². The molecule has 0 radical (unpaired) electrons. The van der Waals surface area contributed by atoms with Crippen molar-refractivity contribution in [3.8, 4) is 6.07 Å². The van der Waals surface area contributed by atoms with Gasteiger partial charge in [0.2, 0.25) is 5.91 Å². The minimum Gasteiger partial charge on any atom is -0.480 e. The van der Waals surface area contributed by atoms with E-state index in [-0.39, 0.29) is 12.8 Å². The van der Waals surface area contributed by atoms with E-state index in [1.54, 1.807) is 24.3 Å². The van der Waals surface area contributed by atoms with E-state index >= 15 is 0 Å². The Morgan fingerprint density at radius 1 is 1.28 bits per heavy atom. The van der Waals surface area contributed by atoms with Crippen LogP contribution in [0.2, 0.25) is 0 Å². The molecule has 2 unspecified atom stereocenters. The number of benzene rings is 1. The fourth-order valence-electron chi connectivity index (χ4n) is 4.67. The van der Waals surface area contributed by atoms with Gasteiger partial charge in [-0.2, -0.15) is 5.26 Å². The molecule has 2 aromatic rings. The predicted octanol–water partition coefficient (Wildman–Crippen LogP) is 3.12. The second-order valence-corrected chi connectivity index (χ2v) is 9.85. The molecule has 1 amide bonds. The Hall–Kier alpha value is -3.55. The maximum absolute atomic E-state index is 13.4. The van der Waals surface area contributed by atoms with Crippen molar-refractivity contribution < 1.29 is 23.8 Å². The third-order valence-electron chi connectivity index (χ3n) is 6.86. The summed E-state index contributed by atoms with van der Waals surface area (Å²) in [6.45, 7) is 1.64. The van der Waals surface area contributed by atoms with Crippen molar-refractivity contribution in [3.63, 3.8) is 0 Å². The zero-order chi connectivity index (χ0) is 28.0. The molecule has 9 nitrogen and oxygen atoms in total. The molecule has 0 spiro atoms. The number of nitrogens with zero attached hydrogens (tertiary/aromatic N) is 3. The summed E-state index contributed by atoms with van der Waals surface area (Å²) in [5.74, 6) is -0.588. The number of pyridine rings is 1. The lowest BCUT2D eigenvalue weighted by Crippen LogP contribution is -2.45. The number of nitriles is 1. The normalized spacial score (nSPS) is 14.1. The molecule has 0 saturated carbocycles. The van der Waals surface area contributed by atoms with Crippen molar-refractivity contribution in [2.75, 3.05) is 45.3 Å². The van der Waals surface area contributed by atoms with Crippen LogP contribution >= 0.6 is 0 Å². The Morgan fingerprint density at radius 3 is 2.87 bits per heavy atom. The van der Waals surface area contributed by atoms with E-state index in [0.717, 1.165) is 50.2 Å². The van der Waals surface area contributed by atoms with Gasteiger partial charge in [-0.05, 0) is 74.4 Å². The first-order valence-corrected chi connectivity index (χ1v) is 13.5. The van der Waals surface area contributed by atoms with E-state index in [1.165, 1.54) is 12.7 Å². The number of methoxy groups -OCH3 is 1. The van der Waals surface area contributed by atoms with E-state index in [2.05, 4.69) is 22.8 Å². The first-order chi connectivity index (χ1) is 18.9. The van der Waals surface area contributed by atoms with Crippen LogP contribution in [-0.2, 0) is 33.6 Å². The van der Waals surface area contributed by atoms with Gasteiger partial charge < -0.3 is 25.4 Å². The highest BCUT2D eigenvalue weighted by molar-refractivity contribution is 5.84. The van der Waals surface area contributed by atoms with Crippen LogP contribution in [0.5, 0.6) is 0 Å². The molecule has 0 fully saturated rings. The summed E-state index contributed by atoms with van der Waals surface area (Å²) >= 11 is 0. The molecule has 1 aromatic carbocycles. The van der Waals surface area contributed by atoms with Crippen LogP contribution in [-0.4, -0.2) is 79.0 Å². The zero-order valence-corrected chi connectivity index (χ0v) is 22.5. The predicted molar refractivity (Wildman–Crippen MR) is 146 cm³/mol. The van der Waals surface area contributed by atoms with Gasteiger partial charge in [-0.3, -0.25) is 4.79 Å². The Bertz CT molecular complexity index is 1130. The molecule has 39 heavy (non-hydrogen) atoms. The van der Waals surface area contributed by atoms with Crippen molar-refractivity contribution in [2.45, 2.75) is 57.1 Å². The standard InChI is InChI=1S/C29H38FN5O4/c1-39-25(18-30)20-35(14-3-2-9-24-11-10-23-8-5-13-32-28(23)33-24)15-12-26(29(37)38)34-27(36)17-21-6-4-7-22(16-21)19-31/h4,6-7,10-11,16,25-26H,2-3,5,8-9,12-15,17-18,20H2,1H3,(H,32,33)(H,34,36)(H,37,38). The van der Waals surface area contributed by atoms with Gasteiger partial charge in [0.25, 0.3) is 0 Å². The van der Waals surface area contributed by atoms with Crippen LogP contribution in [0.25, 0.3) is 0 Å². The monoisotopic (exact) mass is 539 g/mol. The lowest BCUT2D eigenvalue weighted by Gasteiger charge is -2.27. The molecule has 0 bridgehead atoms. The zero-order valence-electron chi connectivity index (χ0n) is 22.5. The van der Waals surface area contributed by atoms with Crippen molar-refractivity contribution in [1.29, 1.82) is 5.26 Å². The number of halogens is 1. The number of hydrogen-bond acceptors (Lipinski definition) is 7. The van der Waals surface area contributed by atoms with E-state index in [4.69, 9.17) is 15.0 Å². The van der Waals surface area contributed by atoms with Gasteiger partial charge in [0.05, 0.1) is 24.2 Å². The molecule has 1 aliphatic rings. The molecule has 0 aliphatic carbocycles. The number of carbonyl (C=O) groups is 2. The highest BCUT2D eigenvalue weighted by Gasteiger charge is 2.22. The number of unbranched alkanes of at least 4 members (excludes halogenated alkanes) is 1. The third-order valence-corrected chi connectivity index (χ3v) is 6.86. The Labute approximate surface area is 229 Å². The smallest absolute Gasteiger partial charge is 0.326 e. The molecule has 2 heterocycles. The molecular weight excluding hydrogens is 501 g/mol. The average Bonchev–Trinajstić information content (AvgIpc) is 2.95. The van der Waals surface area contributed by atoms with Crippen LogP contribution < -0.4 is 10.6 Å². The molecule has 3 N–H and O–H groups in total. The number of carbonyl (C=O) groups excluding carboxylic acids is 1. The average molecular weight is 540 g/mol. The number of carboxylic acids is 1. The molecule has 210 valence electrons. The molecule has 1 aromatic heterocycles. The number of alkyl halides is 1. The SMILES string of the molecule is COC(CF)CN(CCCCc1ccc2c(n1)NCCC2)CCC(NC(=O)Cc1cccc(C#N)c1)C(=O)O. The lowest BCUT2D eigenvalue weighted by atomic mass is 10.1. The topological polar surface area (TPSA) is 128 Å². The Morgan fingerprint density at radius 2 is 2.13 bits per heavy atom. The first kappa shape index (κ1) is 30.0. The highest BCUT2D eigenvalue weighted by Crippen LogP contribution is 2.20. The number of nitrogens with one attached hydrogen (secondary N) is 2. The number of fused-ring (bicyclic) bond motifs is 1. The summed E-state index contributed by atoms with van der Waals surface area (Å²) in [6, 6.07) is 11.8. The van der Waals surface area contributed by atoms with Gasteiger partial charge in [0.15, 0.2) is 0 Å². The van der Waals surface area contributed by atoms with E-state index in [1.807, 2.05) is 11.0 Å². The van der Waals surface area contributed by atoms with Crippen LogP contribution in [0.3, 0.4) is 0 Å². The summed E-state index contributed by atoms with van der Waals surface area (Å²) in [5, 5.41) is 24.7. The quantitative estimate of drug-likeness (QED) is 0.278. The Kier molecular flexibility index (Phi) is 12.1. The summed E-state index contributed by atoms with van der Waals surface area (Å²) in [6.07, 6.45) is 4.23. The van der Waals surface area contributed by atoms with Gasteiger partial charge in [-0.1, -0.05) is 18.2 Å². The van der Waals surface area contributed by atoms with E-state index in [9.17, 15) is 19.1 Å². The van der Waals surface area contributed by atoms with Gasteiger partial charge >= 0.3 is 5.97 Å². The summed E-state index contributed by atoms with van der Waals surface area (Å²) in [5.41, 5.74) is 3.35. The fourth-order valence-corrected chi connectivity index (χ4v) is 4.67. The van der Waals surface area contributed by atoms with Crippen molar-refractivity contribution in [2.24, 2.45) is 0 Å². The number of ether oxygens (including phenoxy) is 1. The number of carboxylic acid groups (broad SMARTS) is 1. The van der Waals surface area contributed by atoms with Crippen LogP contribution in [0.15, 0.2) is 36.4 Å². The van der Waals surface area contributed by atoms with E-state index in [0.29, 0.717) is 30.8 Å². The lowest BCUT2D eigenvalue weighted by molar-refractivity contribution is -0.142. The van der Waals surface area contributed by atoms with Crippen LogP contribution in [0.1, 0.15) is 48.1 Å². The number of hydrogen-bond donors (Lipinski definition) is 3. The molecular formula is C29H38FN5O4. The number of aromatic nitrogens is 1. The Balaban J connectivity index is 1.51. The number of anilines is 1. The maximum Gasteiger partial charge on any atom is 0.326 e. The molecule has 1 aliphatic heterocycles. The molecule has 2 atom stereocenters. The van der Waals surface area contributed by atoms with Crippen molar-refractivity contribution >= 4 is 17.7 Å². The highest BCUT2D eigenvalue weighted by atomic mass is 19.1. The summed E-state index contributed by atoms with van der Waals surface area (Å²) in [7, 11) is 1.46. The molecule has 10 heteroatoms. The minimum absolute atomic E-state index is 0.0249. The number of aliphatic carboxylic acids is 1.